The third-order valence-corrected chi connectivity index (χ3v) is 3.03. The van der Waals surface area contributed by atoms with Crippen LogP contribution < -0.4 is 10.6 Å². The highest BCUT2D eigenvalue weighted by atomic mass is 35.5. The third-order valence-electron chi connectivity index (χ3n) is 2.80. The second kappa shape index (κ2) is 5.32. The van der Waals surface area contributed by atoms with Gasteiger partial charge in [0.05, 0.1) is 4.92 Å². The summed E-state index contributed by atoms with van der Waals surface area (Å²) in [4.78, 5) is 22.2. The molecule has 1 atom stereocenters. The first-order valence-electron chi connectivity index (χ1n) is 5.53. The van der Waals surface area contributed by atoms with Crippen molar-refractivity contribution in [2.75, 3.05) is 13.1 Å². The first kappa shape index (κ1) is 12.8. The maximum absolute atomic E-state index is 12.0. The van der Waals surface area contributed by atoms with E-state index in [0.717, 1.165) is 13.0 Å². The lowest BCUT2D eigenvalue weighted by molar-refractivity contribution is -0.385. The van der Waals surface area contributed by atoms with E-state index >= 15 is 0 Å². The van der Waals surface area contributed by atoms with E-state index in [2.05, 4.69) is 10.6 Å². The predicted octanol–water partition coefficient (Wildman–Crippen LogP) is 1.34. The molecule has 0 aromatic heterocycles. The molecule has 0 bridgehead atoms. The second-order valence-electron chi connectivity index (χ2n) is 4.08. The molecular formula is C11H12ClN3O3. The SMILES string of the molecule is O=C(NC1CCNC1)c1ccc(Cl)cc1[N+](=O)[O-]. The van der Waals surface area contributed by atoms with Crippen molar-refractivity contribution >= 4 is 23.2 Å². The number of carbonyl (C=O) groups is 1. The average molecular weight is 270 g/mol. The summed E-state index contributed by atoms with van der Waals surface area (Å²) < 4.78 is 0. The van der Waals surface area contributed by atoms with Crippen molar-refractivity contribution in [1.82, 2.24) is 10.6 Å². The Balaban J connectivity index is 2.20. The maximum Gasteiger partial charge on any atom is 0.283 e. The summed E-state index contributed by atoms with van der Waals surface area (Å²) in [7, 11) is 0. The van der Waals surface area contributed by atoms with Crippen molar-refractivity contribution in [3.05, 3.63) is 38.9 Å². The second-order valence-corrected chi connectivity index (χ2v) is 4.52. The molecule has 6 nitrogen and oxygen atoms in total. The number of rotatable bonds is 3. The van der Waals surface area contributed by atoms with Crippen LogP contribution in [0, 0.1) is 10.1 Å². The van der Waals surface area contributed by atoms with Gasteiger partial charge < -0.3 is 10.6 Å². The Hall–Kier alpha value is -1.66. The van der Waals surface area contributed by atoms with Crippen LogP contribution in [0.4, 0.5) is 5.69 Å². The first-order chi connectivity index (χ1) is 8.58. The van der Waals surface area contributed by atoms with Gasteiger partial charge in [-0.2, -0.15) is 0 Å². The van der Waals surface area contributed by atoms with Crippen molar-refractivity contribution in [3.63, 3.8) is 0 Å². The number of nitrogens with zero attached hydrogens (tertiary/aromatic N) is 1. The number of halogens is 1. The number of nitro benzene ring substituents is 1. The van der Waals surface area contributed by atoms with E-state index in [1.54, 1.807) is 0 Å². The van der Waals surface area contributed by atoms with Crippen molar-refractivity contribution in [3.8, 4) is 0 Å². The fourth-order valence-corrected chi connectivity index (χ4v) is 2.06. The summed E-state index contributed by atoms with van der Waals surface area (Å²) in [5.74, 6) is -0.438. The van der Waals surface area contributed by atoms with Crippen LogP contribution in [0.5, 0.6) is 0 Å². The monoisotopic (exact) mass is 269 g/mol. The van der Waals surface area contributed by atoms with Gasteiger partial charge in [0.15, 0.2) is 0 Å². The minimum absolute atomic E-state index is 0.0211. The fourth-order valence-electron chi connectivity index (χ4n) is 1.89. The molecule has 0 spiro atoms. The number of nitrogens with one attached hydrogen (secondary N) is 2. The molecule has 2 rings (SSSR count). The minimum atomic E-state index is -0.603. The molecular weight excluding hydrogens is 258 g/mol. The Kier molecular flexibility index (Phi) is 3.78. The predicted molar refractivity (Wildman–Crippen MR) is 66.8 cm³/mol. The molecule has 18 heavy (non-hydrogen) atoms. The zero-order chi connectivity index (χ0) is 13.1. The molecule has 0 saturated carbocycles. The van der Waals surface area contributed by atoms with E-state index < -0.39 is 10.8 Å². The van der Waals surface area contributed by atoms with Crippen LogP contribution in [0.25, 0.3) is 0 Å². The summed E-state index contributed by atoms with van der Waals surface area (Å²) in [5, 5.41) is 17.0. The Labute approximate surface area is 108 Å². The van der Waals surface area contributed by atoms with Crippen LogP contribution in [0.1, 0.15) is 16.8 Å². The van der Waals surface area contributed by atoms with Crippen LogP contribution >= 0.6 is 11.6 Å². The first-order valence-corrected chi connectivity index (χ1v) is 5.91. The van der Waals surface area contributed by atoms with Crippen molar-refractivity contribution < 1.29 is 9.72 Å². The molecule has 1 aliphatic heterocycles. The fraction of sp³-hybridized carbons (Fsp3) is 0.364. The highest BCUT2D eigenvalue weighted by Crippen LogP contribution is 2.23. The zero-order valence-corrected chi connectivity index (χ0v) is 10.2. The van der Waals surface area contributed by atoms with E-state index in [9.17, 15) is 14.9 Å². The Morgan fingerprint density at radius 2 is 2.33 bits per heavy atom. The van der Waals surface area contributed by atoms with Gasteiger partial charge in [0, 0.05) is 23.7 Å². The van der Waals surface area contributed by atoms with Gasteiger partial charge in [-0.25, -0.2) is 0 Å². The summed E-state index contributed by atoms with van der Waals surface area (Å²) in [5.41, 5.74) is -0.234. The lowest BCUT2D eigenvalue weighted by atomic mass is 10.1. The van der Waals surface area contributed by atoms with Gasteiger partial charge in [-0.3, -0.25) is 14.9 Å². The largest absolute Gasteiger partial charge is 0.348 e. The van der Waals surface area contributed by atoms with Crippen LogP contribution in [0.15, 0.2) is 18.2 Å². The number of benzene rings is 1. The topological polar surface area (TPSA) is 84.3 Å². The Morgan fingerprint density at radius 1 is 1.56 bits per heavy atom. The quantitative estimate of drug-likeness (QED) is 0.641. The molecule has 1 aromatic carbocycles. The molecule has 1 aliphatic rings. The van der Waals surface area contributed by atoms with Crippen LogP contribution in [-0.4, -0.2) is 30.0 Å². The summed E-state index contributed by atoms with van der Waals surface area (Å²) >= 11 is 5.69. The van der Waals surface area contributed by atoms with Gasteiger partial charge in [0.1, 0.15) is 5.56 Å². The van der Waals surface area contributed by atoms with Gasteiger partial charge in [0.25, 0.3) is 11.6 Å². The van der Waals surface area contributed by atoms with Gasteiger partial charge in [-0.15, -0.1) is 0 Å². The molecule has 1 heterocycles. The lowest BCUT2D eigenvalue weighted by Crippen LogP contribution is -2.36. The van der Waals surface area contributed by atoms with Gasteiger partial charge in [-0.1, -0.05) is 11.6 Å². The number of nitro groups is 1. The molecule has 7 heteroatoms. The summed E-state index contributed by atoms with van der Waals surface area (Å²) in [6.07, 6.45) is 0.827. The van der Waals surface area contributed by atoms with Crippen molar-refractivity contribution in [1.29, 1.82) is 0 Å². The molecule has 2 N–H and O–H groups in total. The van der Waals surface area contributed by atoms with Crippen LogP contribution in [0.2, 0.25) is 5.02 Å². The smallest absolute Gasteiger partial charge is 0.283 e. The van der Waals surface area contributed by atoms with Crippen LogP contribution in [-0.2, 0) is 0 Å². The molecule has 0 aliphatic carbocycles. The molecule has 1 aromatic rings. The van der Waals surface area contributed by atoms with E-state index in [0.29, 0.717) is 6.54 Å². The molecule has 1 unspecified atom stereocenters. The zero-order valence-electron chi connectivity index (χ0n) is 9.48. The van der Waals surface area contributed by atoms with E-state index in [-0.39, 0.29) is 22.3 Å². The standard InChI is InChI=1S/C11H12ClN3O3/c12-7-1-2-9(10(5-7)15(17)18)11(16)14-8-3-4-13-6-8/h1-2,5,8,13H,3-4,6H2,(H,14,16). The van der Waals surface area contributed by atoms with E-state index in [4.69, 9.17) is 11.6 Å². The maximum atomic E-state index is 12.0. The number of carbonyl (C=O) groups excluding carboxylic acids is 1. The molecule has 1 fully saturated rings. The van der Waals surface area contributed by atoms with Gasteiger partial charge in [0.2, 0.25) is 0 Å². The molecule has 1 amide bonds. The van der Waals surface area contributed by atoms with Gasteiger partial charge in [-0.05, 0) is 25.1 Å². The Morgan fingerprint density at radius 3 is 2.94 bits per heavy atom. The normalized spacial score (nSPS) is 18.6. The van der Waals surface area contributed by atoms with Crippen molar-refractivity contribution in [2.24, 2.45) is 0 Å². The number of amides is 1. The number of hydrogen-bond acceptors (Lipinski definition) is 4. The van der Waals surface area contributed by atoms with Crippen LogP contribution in [0.3, 0.4) is 0 Å². The minimum Gasteiger partial charge on any atom is -0.348 e. The highest BCUT2D eigenvalue weighted by molar-refractivity contribution is 6.31. The molecule has 96 valence electrons. The summed E-state index contributed by atoms with van der Waals surface area (Å²) in [6, 6.07) is 4.05. The summed E-state index contributed by atoms with van der Waals surface area (Å²) in [6.45, 7) is 1.53. The van der Waals surface area contributed by atoms with E-state index in [1.165, 1.54) is 18.2 Å². The molecule has 0 radical (unpaired) electrons. The Bertz CT molecular complexity index is 486. The average Bonchev–Trinajstić information content (AvgIpc) is 2.81. The molecule has 1 saturated heterocycles. The van der Waals surface area contributed by atoms with E-state index in [1.807, 2.05) is 0 Å². The number of hydrogen-bond donors (Lipinski definition) is 2. The lowest BCUT2D eigenvalue weighted by Gasteiger charge is -2.11. The van der Waals surface area contributed by atoms with Gasteiger partial charge >= 0.3 is 0 Å². The van der Waals surface area contributed by atoms with Crippen molar-refractivity contribution in [2.45, 2.75) is 12.5 Å². The third kappa shape index (κ3) is 2.77. The highest BCUT2D eigenvalue weighted by Gasteiger charge is 2.23.